The van der Waals surface area contributed by atoms with Crippen LogP contribution in [0.3, 0.4) is 0 Å². The molecule has 0 aliphatic rings. The lowest BCUT2D eigenvalue weighted by atomic mass is 10.0. The second kappa shape index (κ2) is 73.3. The van der Waals surface area contributed by atoms with Crippen molar-refractivity contribution in [3.63, 3.8) is 0 Å². The van der Waals surface area contributed by atoms with Crippen LogP contribution < -0.4 is 0 Å². The van der Waals surface area contributed by atoms with E-state index in [4.69, 9.17) is 37.0 Å². The molecule has 19 heteroatoms. The first kappa shape index (κ1) is 96.0. The predicted octanol–water partition coefficient (Wildman–Crippen LogP) is 22.8. The Bertz CT molecular complexity index is 2270. The monoisotopic (exact) mass is 1450 g/mol. The van der Waals surface area contributed by atoms with Gasteiger partial charge < -0.3 is 33.8 Å². The van der Waals surface area contributed by atoms with Crippen LogP contribution in [0.15, 0.2) is 97.2 Å². The first-order valence-corrected chi connectivity index (χ1v) is 42.5. The molecule has 100 heavy (non-hydrogen) atoms. The van der Waals surface area contributed by atoms with Gasteiger partial charge in [0.05, 0.1) is 26.4 Å². The molecule has 0 aliphatic heterocycles. The molecule has 0 aromatic carbocycles. The summed E-state index contributed by atoms with van der Waals surface area (Å²) in [5.74, 6) is -2.26. The number of unbranched alkanes of at least 4 members (excludes halogenated alkanes) is 33. The van der Waals surface area contributed by atoms with Crippen LogP contribution in [0.25, 0.3) is 0 Å². The molecule has 0 saturated carbocycles. The van der Waals surface area contributed by atoms with Gasteiger partial charge in [0.1, 0.15) is 19.3 Å². The second-order valence-electron chi connectivity index (χ2n) is 26.3. The lowest BCUT2D eigenvalue weighted by molar-refractivity contribution is -0.161. The van der Waals surface area contributed by atoms with Gasteiger partial charge in [-0.25, -0.2) is 9.13 Å². The van der Waals surface area contributed by atoms with Gasteiger partial charge in [-0.2, -0.15) is 0 Å². The number of carbonyl (C=O) groups excluding carboxylic acids is 4. The standard InChI is InChI=1S/C81H142O17P2/c1-5-9-13-17-21-25-29-33-36-37-40-44-48-52-56-60-64-68-81(86)98-77(72-92-79(84)66-62-58-54-50-46-42-38-34-30-26-22-18-14-10-6-2)74-96-100(89,90)94-70-75(82)69-93-99(87,88)95-73-76(71-91-78(83)65-61-57-53-49-45-41-32-28-24-20-16-12-8-4)97-80(85)67-63-59-55-51-47-43-39-35-31-27-23-19-15-11-7-3/h21,23,25-27,30,33-36,38-40,44,52,56,75-77,82H,5-20,22,24,28-29,31-32,37,41-43,45-51,53-55,57-74H2,1-4H3,(H,87,88)(H,89,90)/b25-21-,27-23-,30-26-,36-33-,38-34-,39-35-,44-40-,56-52-/t75-,76+,77+/m0/s1. The van der Waals surface area contributed by atoms with Gasteiger partial charge in [0, 0.05) is 25.7 Å². The first-order chi connectivity index (χ1) is 48.7. The van der Waals surface area contributed by atoms with E-state index in [1.807, 2.05) is 12.2 Å². The maximum Gasteiger partial charge on any atom is 0.472 e. The molecular formula is C81H142O17P2. The maximum absolute atomic E-state index is 13.1. The Morgan fingerprint density at radius 2 is 0.530 bits per heavy atom. The van der Waals surface area contributed by atoms with Gasteiger partial charge in [-0.05, 0) is 122 Å². The van der Waals surface area contributed by atoms with Crippen molar-refractivity contribution in [1.82, 2.24) is 0 Å². The first-order valence-electron chi connectivity index (χ1n) is 39.5. The molecule has 0 bridgehead atoms. The zero-order valence-corrected chi connectivity index (χ0v) is 64.9. The van der Waals surface area contributed by atoms with Gasteiger partial charge in [-0.1, -0.05) is 285 Å². The summed E-state index contributed by atoms with van der Waals surface area (Å²) in [6.45, 7) is 4.74. The highest BCUT2D eigenvalue weighted by Crippen LogP contribution is 2.45. The zero-order valence-electron chi connectivity index (χ0n) is 63.1. The van der Waals surface area contributed by atoms with Crippen LogP contribution in [0.2, 0.25) is 0 Å². The van der Waals surface area contributed by atoms with Gasteiger partial charge in [-0.15, -0.1) is 0 Å². The normalized spacial score (nSPS) is 14.4. The fourth-order valence-corrected chi connectivity index (χ4v) is 12.0. The molecule has 17 nitrogen and oxygen atoms in total. The largest absolute Gasteiger partial charge is 0.472 e. The average molecular weight is 1450 g/mol. The minimum Gasteiger partial charge on any atom is -0.462 e. The van der Waals surface area contributed by atoms with Crippen molar-refractivity contribution in [3.05, 3.63) is 97.2 Å². The van der Waals surface area contributed by atoms with Gasteiger partial charge in [0.2, 0.25) is 0 Å². The van der Waals surface area contributed by atoms with Gasteiger partial charge in [0.25, 0.3) is 0 Å². The highest BCUT2D eigenvalue weighted by molar-refractivity contribution is 7.47. The molecule has 0 aliphatic carbocycles. The summed E-state index contributed by atoms with van der Waals surface area (Å²) >= 11 is 0. The Morgan fingerprint density at radius 3 is 0.880 bits per heavy atom. The third-order valence-electron chi connectivity index (χ3n) is 16.5. The van der Waals surface area contributed by atoms with Crippen molar-refractivity contribution in [2.75, 3.05) is 39.6 Å². The van der Waals surface area contributed by atoms with E-state index in [0.717, 1.165) is 128 Å². The lowest BCUT2D eigenvalue weighted by Gasteiger charge is -2.21. The molecule has 0 heterocycles. The van der Waals surface area contributed by atoms with Crippen molar-refractivity contribution in [2.45, 2.75) is 354 Å². The summed E-state index contributed by atoms with van der Waals surface area (Å²) in [4.78, 5) is 72.9. The molecule has 0 amide bonds. The highest BCUT2D eigenvalue weighted by Gasteiger charge is 2.30. The fraction of sp³-hybridized carbons (Fsp3) is 0.753. The third-order valence-corrected chi connectivity index (χ3v) is 18.4. The topological polar surface area (TPSA) is 237 Å². The van der Waals surface area contributed by atoms with Crippen molar-refractivity contribution in [2.24, 2.45) is 0 Å². The molecule has 0 spiro atoms. The minimum absolute atomic E-state index is 0.0157. The number of hydrogen-bond acceptors (Lipinski definition) is 15. The summed E-state index contributed by atoms with van der Waals surface area (Å²) in [5, 5.41) is 10.6. The highest BCUT2D eigenvalue weighted by atomic mass is 31.2. The van der Waals surface area contributed by atoms with Gasteiger partial charge in [0.15, 0.2) is 12.2 Å². The summed E-state index contributed by atoms with van der Waals surface area (Å²) in [6, 6.07) is 0. The summed E-state index contributed by atoms with van der Waals surface area (Å²) < 4.78 is 68.5. The van der Waals surface area contributed by atoms with Crippen molar-refractivity contribution in [1.29, 1.82) is 0 Å². The van der Waals surface area contributed by atoms with Crippen LogP contribution in [-0.2, 0) is 65.4 Å². The van der Waals surface area contributed by atoms with Crippen LogP contribution >= 0.6 is 15.6 Å². The SMILES string of the molecule is CCCCC/C=C\C/C=C\C/C=C\C/C=C\CCCC(=O)O[C@H](COC(=O)CCCCCCC/C=C\C=C/CCCCCC)COP(=O)(O)OC[C@@H](O)COP(=O)(O)OC[C@@H](COC(=O)CCCCCCCCCCCCCCC)OC(=O)CCCCCCC/C=C\C/C=C\CCCCC. The van der Waals surface area contributed by atoms with Crippen molar-refractivity contribution < 1.29 is 80.2 Å². The fourth-order valence-electron chi connectivity index (χ4n) is 10.5. The Labute approximate surface area is 607 Å². The van der Waals surface area contributed by atoms with Crippen LogP contribution in [0.1, 0.15) is 336 Å². The van der Waals surface area contributed by atoms with Crippen LogP contribution in [0.5, 0.6) is 0 Å². The Hall–Kier alpha value is -4.02. The number of hydrogen-bond donors (Lipinski definition) is 3. The van der Waals surface area contributed by atoms with Crippen LogP contribution in [-0.4, -0.2) is 96.7 Å². The number of phosphoric acid groups is 2. The molecule has 3 N–H and O–H groups in total. The van der Waals surface area contributed by atoms with Crippen molar-refractivity contribution in [3.8, 4) is 0 Å². The number of phosphoric ester groups is 2. The number of rotatable bonds is 74. The van der Waals surface area contributed by atoms with E-state index in [1.165, 1.54) is 122 Å². The molecule has 578 valence electrons. The summed E-state index contributed by atoms with van der Waals surface area (Å²) in [7, 11) is -9.97. The number of ether oxygens (including phenoxy) is 4. The number of esters is 4. The minimum atomic E-state index is -4.99. The van der Waals surface area contributed by atoms with E-state index < -0.39 is 97.5 Å². The lowest BCUT2D eigenvalue weighted by Crippen LogP contribution is -2.30. The maximum atomic E-state index is 13.1. The third kappa shape index (κ3) is 72.3. The number of aliphatic hydroxyl groups is 1. The second-order valence-corrected chi connectivity index (χ2v) is 29.2. The summed E-state index contributed by atoms with van der Waals surface area (Å²) in [6.07, 6.45) is 76.8. The zero-order chi connectivity index (χ0) is 73.2. The van der Waals surface area contributed by atoms with Gasteiger partial charge in [-0.3, -0.25) is 37.3 Å². The van der Waals surface area contributed by atoms with E-state index in [-0.39, 0.29) is 25.7 Å². The van der Waals surface area contributed by atoms with E-state index in [9.17, 15) is 43.2 Å². The molecule has 0 aromatic rings. The molecular weight excluding hydrogens is 1310 g/mol. The Morgan fingerprint density at radius 1 is 0.290 bits per heavy atom. The van der Waals surface area contributed by atoms with Gasteiger partial charge >= 0.3 is 39.5 Å². The molecule has 0 aromatic heterocycles. The molecule has 0 saturated heterocycles. The predicted molar refractivity (Wildman–Crippen MR) is 409 cm³/mol. The quantitative estimate of drug-likeness (QED) is 0.0128. The van der Waals surface area contributed by atoms with Crippen LogP contribution in [0.4, 0.5) is 0 Å². The van der Waals surface area contributed by atoms with E-state index in [1.54, 1.807) is 0 Å². The molecule has 0 radical (unpaired) electrons. The Kier molecular flexibility index (Phi) is 70.4. The average Bonchev–Trinajstić information content (AvgIpc) is 1.22. The number of carbonyl (C=O) groups is 4. The van der Waals surface area contributed by atoms with Crippen molar-refractivity contribution >= 4 is 39.5 Å². The molecule has 5 atom stereocenters. The van der Waals surface area contributed by atoms with Crippen LogP contribution in [0, 0.1) is 0 Å². The molecule has 0 fully saturated rings. The smallest absolute Gasteiger partial charge is 0.462 e. The Balaban J connectivity index is 5.42. The van der Waals surface area contributed by atoms with E-state index in [2.05, 4.69) is 113 Å². The number of aliphatic hydroxyl groups excluding tert-OH is 1. The van der Waals surface area contributed by atoms with E-state index >= 15 is 0 Å². The number of allylic oxidation sites excluding steroid dienone is 16. The van der Waals surface area contributed by atoms with E-state index in [0.29, 0.717) is 32.1 Å². The molecule has 2 unspecified atom stereocenters. The summed E-state index contributed by atoms with van der Waals surface area (Å²) in [5.41, 5.74) is 0. The molecule has 0 rings (SSSR count).